The summed E-state index contributed by atoms with van der Waals surface area (Å²) in [4.78, 5) is 10.2. The first-order chi connectivity index (χ1) is 6.72. The van der Waals surface area contributed by atoms with Gasteiger partial charge < -0.3 is 9.90 Å². The van der Waals surface area contributed by atoms with Gasteiger partial charge in [0, 0.05) is 11.5 Å². The van der Waals surface area contributed by atoms with Gasteiger partial charge in [-0.25, -0.2) is 0 Å². The first-order valence-corrected chi connectivity index (χ1v) is 6.41. The SMILES string of the molecule is C=CCSc1nnc(SCC(=O)[O-])s1.[Ag+]. The Morgan fingerprint density at radius 3 is 2.60 bits per heavy atom. The molecule has 1 aromatic rings. The second-order valence-electron chi connectivity index (χ2n) is 2.09. The summed E-state index contributed by atoms with van der Waals surface area (Å²) in [6.45, 7) is 3.59. The smallest absolute Gasteiger partial charge is 0.549 e. The van der Waals surface area contributed by atoms with Gasteiger partial charge in [-0.15, -0.1) is 16.8 Å². The number of aromatic nitrogens is 2. The molecule has 1 aromatic heterocycles. The quantitative estimate of drug-likeness (QED) is 0.424. The van der Waals surface area contributed by atoms with Crippen LogP contribution < -0.4 is 5.11 Å². The van der Waals surface area contributed by atoms with Gasteiger partial charge >= 0.3 is 22.4 Å². The maximum absolute atomic E-state index is 10.2. The largest absolute Gasteiger partial charge is 1.00 e. The molecule has 0 saturated heterocycles. The van der Waals surface area contributed by atoms with Crippen molar-refractivity contribution in [3.05, 3.63) is 12.7 Å². The summed E-state index contributed by atoms with van der Waals surface area (Å²) >= 11 is 4.03. The van der Waals surface area contributed by atoms with E-state index in [0.29, 0.717) is 4.34 Å². The molecule has 0 N–H and O–H groups in total. The van der Waals surface area contributed by atoms with Gasteiger partial charge in [-0.3, -0.25) is 0 Å². The minimum Gasteiger partial charge on any atom is -0.549 e. The van der Waals surface area contributed by atoms with Crippen LogP contribution in [-0.2, 0) is 27.2 Å². The van der Waals surface area contributed by atoms with Crippen molar-refractivity contribution in [3.63, 3.8) is 0 Å². The average molecular weight is 355 g/mol. The Morgan fingerprint density at radius 2 is 2.07 bits per heavy atom. The molecule has 0 aliphatic rings. The average Bonchev–Trinajstić information content (AvgIpc) is 2.59. The van der Waals surface area contributed by atoms with E-state index in [9.17, 15) is 9.90 Å². The molecule has 0 atom stereocenters. The zero-order valence-electron chi connectivity index (χ0n) is 7.44. The number of carbonyl (C=O) groups is 1. The van der Waals surface area contributed by atoms with Crippen molar-refractivity contribution < 1.29 is 32.3 Å². The van der Waals surface area contributed by atoms with E-state index in [1.54, 1.807) is 6.08 Å². The van der Waals surface area contributed by atoms with Gasteiger partial charge in [0.2, 0.25) is 0 Å². The van der Waals surface area contributed by atoms with E-state index in [2.05, 4.69) is 16.8 Å². The van der Waals surface area contributed by atoms with Crippen molar-refractivity contribution in [2.45, 2.75) is 8.68 Å². The second-order valence-corrected chi connectivity index (χ2v) is 5.56. The van der Waals surface area contributed by atoms with E-state index < -0.39 is 5.97 Å². The first-order valence-electron chi connectivity index (χ1n) is 3.62. The molecule has 0 fully saturated rings. The normalized spacial score (nSPS) is 9.33. The van der Waals surface area contributed by atoms with Crippen LogP contribution in [0.15, 0.2) is 21.3 Å². The van der Waals surface area contributed by atoms with Crippen LogP contribution in [0.1, 0.15) is 0 Å². The Morgan fingerprint density at radius 1 is 1.47 bits per heavy atom. The molecule has 0 aliphatic heterocycles. The van der Waals surface area contributed by atoms with Gasteiger partial charge in [0.05, 0.1) is 5.97 Å². The van der Waals surface area contributed by atoms with E-state index in [0.717, 1.165) is 21.9 Å². The molecule has 0 amide bonds. The maximum Gasteiger partial charge on any atom is 1.00 e. The van der Waals surface area contributed by atoms with Crippen LogP contribution in [-0.4, -0.2) is 27.7 Å². The summed E-state index contributed by atoms with van der Waals surface area (Å²) in [5, 5.41) is 17.9. The third-order valence-corrected chi connectivity index (χ3v) is 4.19. The second kappa shape index (κ2) is 8.37. The molecule has 0 aliphatic carbocycles. The predicted octanol–water partition coefficient (Wildman–Crippen LogP) is 0.656. The molecule has 0 unspecified atom stereocenters. The van der Waals surface area contributed by atoms with Gasteiger partial charge in [0.15, 0.2) is 8.68 Å². The van der Waals surface area contributed by atoms with Crippen LogP contribution in [0.25, 0.3) is 0 Å². The summed E-state index contributed by atoms with van der Waals surface area (Å²) in [5.74, 6) is -0.397. The van der Waals surface area contributed by atoms with Crippen molar-refractivity contribution in [1.82, 2.24) is 10.2 Å². The predicted molar refractivity (Wildman–Crippen MR) is 56.6 cm³/mol. The molecule has 4 nitrogen and oxygen atoms in total. The Labute approximate surface area is 115 Å². The van der Waals surface area contributed by atoms with Crippen LogP contribution >= 0.6 is 34.9 Å². The molecule has 15 heavy (non-hydrogen) atoms. The van der Waals surface area contributed by atoms with Crippen molar-refractivity contribution in [3.8, 4) is 0 Å². The molecule has 0 spiro atoms. The van der Waals surface area contributed by atoms with Gasteiger partial charge in [0.1, 0.15) is 0 Å². The van der Waals surface area contributed by atoms with Crippen LogP contribution in [0, 0.1) is 0 Å². The van der Waals surface area contributed by atoms with Gasteiger partial charge in [0.25, 0.3) is 0 Å². The number of nitrogens with zero attached hydrogens (tertiary/aromatic N) is 2. The van der Waals surface area contributed by atoms with E-state index in [1.807, 2.05) is 0 Å². The topological polar surface area (TPSA) is 65.9 Å². The Kier molecular flexibility index (Phi) is 8.49. The fourth-order valence-electron chi connectivity index (χ4n) is 0.565. The summed E-state index contributed by atoms with van der Waals surface area (Å²) < 4.78 is 1.48. The van der Waals surface area contributed by atoms with E-state index in [-0.39, 0.29) is 28.1 Å². The van der Waals surface area contributed by atoms with Crippen LogP contribution in [0.4, 0.5) is 0 Å². The number of carboxylic acid groups (broad SMARTS) is 1. The fourth-order valence-corrected chi connectivity index (χ4v) is 3.06. The minimum absolute atomic E-state index is 0. The Hall–Kier alpha value is 0.210. The summed E-state index contributed by atoms with van der Waals surface area (Å²) in [6, 6.07) is 0. The fraction of sp³-hybridized carbons (Fsp3) is 0.286. The van der Waals surface area contributed by atoms with Crippen LogP contribution in [0.3, 0.4) is 0 Å². The standard InChI is InChI=1S/C7H8N2O2S3.Ag/c1-2-3-12-6-8-9-7(14-6)13-4-5(10)11;/h2H,1,3-4H2,(H,10,11);/q;+1/p-1. The number of aliphatic carboxylic acids is 1. The zero-order chi connectivity index (χ0) is 10.4. The Balaban J connectivity index is 0.00000196. The Bertz CT molecular complexity index is 332. The monoisotopic (exact) mass is 354 g/mol. The van der Waals surface area contributed by atoms with Gasteiger partial charge in [-0.2, -0.15) is 0 Å². The van der Waals surface area contributed by atoms with Crippen molar-refractivity contribution in [2.75, 3.05) is 11.5 Å². The number of hydrogen-bond donors (Lipinski definition) is 0. The molecule has 86 valence electrons. The summed E-state index contributed by atoms with van der Waals surface area (Å²) in [6.07, 6.45) is 1.78. The molecule has 1 rings (SSSR count). The third-order valence-electron chi connectivity index (χ3n) is 1.03. The number of hydrogen-bond acceptors (Lipinski definition) is 7. The number of rotatable bonds is 6. The molecule has 0 radical (unpaired) electrons. The number of carbonyl (C=O) groups excluding carboxylic acids is 1. The van der Waals surface area contributed by atoms with Crippen molar-refractivity contribution in [2.24, 2.45) is 0 Å². The zero-order valence-corrected chi connectivity index (χ0v) is 11.4. The van der Waals surface area contributed by atoms with E-state index in [1.165, 1.54) is 23.1 Å². The molecule has 0 saturated carbocycles. The number of thioether (sulfide) groups is 2. The number of carboxylic acids is 1. The van der Waals surface area contributed by atoms with E-state index >= 15 is 0 Å². The van der Waals surface area contributed by atoms with Crippen LogP contribution in [0.2, 0.25) is 0 Å². The van der Waals surface area contributed by atoms with Gasteiger partial charge in [-0.1, -0.05) is 40.9 Å². The molecular weight excluding hydrogens is 348 g/mol. The minimum atomic E-state index is -1.09. The van der Waals surface area contributed by atoms with Crippen LogP contribution in [0.5, 0.6) is 0 Å². The summed E-state index contributed by atoms with van der Waals surface area (Å²) in [7, 11) is 0. The molecule has 0 aromatic carbocycles. The molecule has 8 heteroatoms. The van der Waals surface area contributed by atoms with Crippen molar-refractivity contribution in [1.29, 1.82) is 0 Å². The van der Waals surface area contributed by atoms with Gasteiger partial charge in [-0.05, 0) is 0 Å². The first kappa shape index (κ1) is 15.2. The third kappa shape index (κ3) is 6.39. The van der Waals surface area contributed by atoms with E-state index in [4.69, 9.17) is 0 Å². The van der Waals surface area contributed by atoms with Crippen molar-refractivity contribution >= 4 is 40.8 Å². The molecule has 1 heterocycles. The summed E-state index contributed by atoms with van der Waals surface area (Å²) in [5.41, 5.74) is 0. The molecule has 0 bridgehead atoms. The maximum atomic E-state index is 10.2. The molecular formula is C7H7AgN2O2S3.